The van der Waals surface area contributed by atoms with Gasteiger partial charge >= 0.3 is 0 Å². The maximum absolute atomic E-state index is 12.8. The number of carbonyl (C=O) groups is 1. The molecule has 0 bridgehead atoms. The highest BCUT2D eigenvalue weighted by Crippen LogP contribution is 2.14. The van der Waals surface area contributed by atoms with Gasteiger partial charge in [0, 0.05) is 49.1 Å². The summed E-state index contributed by atoms with van der Waals surface area (Å²) in [6, 6.07) is 11.8. The molecule has 1 amide bonds. The van der Waals surface area contributed by atoms with Crippen LogP contribution in [-0.4, -0.2) is 32.0 Å². The number of nitrogens with zero attached hydrogens (tertiary/aromatic N) is 3. The number of amides is 1. The number of aromatic nitrogens is 4. The quantitative estimate of drug-likeness (QED) is 0.409. The Kier molecular flexibility index (Phi) is 6.07. The lowest BCUT2D eigenvalue weighted by atomic mass is 10.1. The fraction of sp³-hybridized carbons (Fsp3) is 0.217. The molecule has 158 valence electrons. The second kappa shape index (κ2) is 9.25. The highest BCUT2D eigenvalue weighted by molar-refractivity contribution is 5.80. The van der Waals surface area contributed by atoms with Crippen LogP contribution in [0.2, 0.25) is 0 Å². The third-order valence-electron chi connectivity index (χ3n) is 5.09. The number of fused-ring (bicyclic) bond motifs is 1. The van der Waals surface area contributed by atoms with E-state index in [2.05, 4.69) is 25.6 Å². The number of pyridine rings is 1. The van der Waals surface area contributed by atoms with Crippen molar-refractivity contribution in [3.05, 3.63) is 88.4 Å². The van der Waals surface area contributed by atoms with E-state index in [0.717, 1.165) is 28.5 Å². The largest absolute Gasteiger partial charge is 0.365 e. The number of aromatic amines is 1. The van der Waals surface area contributed by atoms with E-state index in [-0.39, 0.29) is 23.8 Å². The van der Waals surface area contributed by atoms with Crippen LogP contribution in [0.1, 0.15) is 16.8 Å². The molecule has 0 aliphatic heterocycles. The fourth-order valence-electron chi connectivity index (χ4n) is 3.37. The molecule has 3 heterocycles. The molecule has 0 aliphatic rings. The first kappa shape index (κ1) is 20.3. The summed E-state index contributed by atoms with van der Waals surface area (Å²) in [6.07, 6.45) is 7.71. The Morgan fingerprint density at radius 3 is 2.90 bits per heavy atom. The summed E-state index contributed by atoms with van der Waals surface area (Å²) in [5.41, 5.74) is 3.44. The Morgan fingerprint density at radius 2 is 2.06 bits per heavy atom. The monoisotopic (exact) mass is 416 g/mol. The topological polar surface area (TPSA) is 105 Å². The van der Waals surface area contributed by atoms with Crippen molar-refractivity contribution in [3.8, 4) is 0 Å². The second-order valence-corrected chi connectivity index (χ2v) is 7.35. The molecule has 8 heteroatoms. The zero-order chi connectivity index (χ0) is 21.6. The van der Waals surface area contributed by atoms with Crippen LogP contribution in [0.25, 0.3) is 10.9 Å². The summed E-state index contributed by atoms with van der Waals surface area (Å²) in [5, 5.41) is 7.05. The SMILES string of the molecule is Cc1cnc(NCCc2cccnc2)c(=O)n1CC(=O)NCc1ccc2[nH]ccc2c1. The van der Waals surface area contributed by atoms with Crippen molar-refractivity contribution < 1.29 is 4.79 Å². The summed E-state index contributed by atoms with van der Waals surface area (Å²) in [6.45, 7) is 2.65. The highest BCUT2D eigenvalue weighted by Gasteiger charge is 2.11. The number of hydrogen-bond donors (Lipinski definition) is 3. The van der Waals surface area contributed by atoms with E-state index < -0.39 is 0 Å². The minimum Gasteiger partial charge on any atom is -0.365 e. The summed E-state index contributed by atoms with van der Waals surface area (Å²) in [5.74, 6) is 0.00655. The number of rotatable bonds is 8. The van der Waals surface area contributed by atoms with Crippen molar-refractivity contribution in [1.82, 2.24) is 24.8 Å². The van der Waals surface area contributed by atoms with Gasteiger partial charge in [-0.05, 0) is 54.1 Å². The zero-order valence-corrected chi connectivity index (χ0v) is 17.3. The molecule has 0 saturated heterocycles. The average molecular weight is 416 g/mol. The van der Waals surface area contributed by atoms with Gasteiger partial charge in [-0.15, -0.1) is 0 Å². The summed E-state index contributed by atoms with van der Waals surface area (Å²) >= 11 is 0. The first-order chi connectivity index (χ1) is 15.1. The minimum atomic E-state index is -0.310. The molecule has 4 rings (SSSR count). The van der Waals surface area contributed by atoms with Crippen LogP contribution < -0.4 is 16.2 Å². The Hall–Kier alpha value is -3.94. The van der Waals surface area contributed by atoms with Crippen LogP contribution in [0.15, 0.2) is 66.0 Å². The molecular formula is C23H24N6O2. The molecule has 3 aromatic heterocycles. The van der Waals surface area contributed by atoms with Crippen molar-refractivity contribution in [1.29, 1.82) is 0 Å². The highest BCUT2D eigenvalue weighted by atomic mass is 16.2. The molecule has 0 spiro atoms. The molecule has 0 radical (unpaired) electrons. The molecule has 0 atom stereocenters. The Balaban J connectivity index is 1.37. The molecule has 0 aliphatic carbocycles. The predicted octanol–water partition coefficient (Wildman–Crippen LogP) is 2.40. The third kappa shape index (κ3) is 4.98. The molecule has 4 aromatic rings. The summed E-state index contributed by atoms with van der Waals surface area (Å²) in [7, 11) is 0. The number of hydrogen-bond acceptors (Lipinski definition) is 5. The zero-order valence-electron chi connectivity index (χ0n) is 17.3. The molecule has 8 nitrogen and oxygen atoms in total. The number of anilines is 1. The van der Waals surface area contributed by atoms with E-state index in [9.17, 15) is 9.59 Å². The number of H-pyrrole nitrogens is 1. The van der Waals surface area contributed by atoms with Crippen LogP contribution in [-0.2, 0) is 24.3 Å². The molecular weight excluding hydrogens is 392 g/mol. The number of carbonyl (C=O) groups excluding carboxylic acids is 1. The lowest BCUT2D eigenvalue weighted by Crippen LogP contribution is -2.34. The molecule has 0 unspecified atom stereocenters. The van der Waals surface area contributed by atoms with Crippen molar-refractivity contribution in [2.45, 2.75) is 26.4 Å². The summed E-state index contributed by atoms with van der Waals surface area (Å²) < 4.78 is 1.43. The standard InChI is InChI=1S/C23H24N6O2/c1-16-12-28-22(26-9-6-17-3-2-8-24-13-17)23(31)29(16)15-21(30)27-14-18-4-5-20-19(11-18)7-10-25-20/h2-5,7-8,10-13,25H,6,9,14-15H2,1H3,(H,26,28)(H,27,30). The van der Waals surface area contributed by atoms with Gasteiger partial charge in [-0.1, -0.05) is 12.1 Å². The lowest BCUT2D eigenvalue weighted by Gasteiger charge is -2.13. The normalized spacial score (nSPS) is 10.9. The van der Waals surface area contributed by atoms with Crippen LogP contribution in [0.5, 0.6) is 0 Å². The van der Waals surface area contributed by atoms with Crippen molar-refractivity contribution in [3.63, 3.8) is 0 Å². The van der Waals surface area contributed by atoms with E-state index in [1.807, 2.05) is 42.6 Å². The Morgan fingerprint density at radius 1 is 1.16 bits per heavy atom. The van der Waals surface area contributed by atoms with Crippen LogP contribution in [0.3, 0.4) is 0 Å². The molecule has 3 N–H and O–H groups in total. The Bertz CT molecular complexity index is 1250. The van der Waals surface area contributed by atoms with Gasteiger partial charge in [0.25, 0.3) is 5.56 Å². The number of benzene rings is 1. The van der Waals surface area contributed by atoms with Gasteiger partial charge in [0.15, 0.2) is 5.82 Å². The maximum Gasteiger partial charge on any atom is 0.293 e. The van der Waals surface area contributed by atoms with Gasteiger partial charge in [0.05, 0.1) is 0 Å². The minimum absolute atomic E-state index is 0.0587. The van der Waals surface area contributed by atoms with Crippen LogP contribution >= 0.6 is 0 Å². The van der Waals surface area contributed by atoms with E-state index >= 15 is 0 Å². The van der Waals surface area contributed by atoms with Gasteiger partial charge in [0.1, 0.15) is 6.54 Å². The molecule has 0 fully saturated rings. The van der Waals surface area contributed by atoms with Crippen molar-refractivity contribution >= 4 is 22.6 Å². The van der Waals surface area contributed by atoms with Crippen LogP contribution in [0, 0.1) is 6.92 Å². The van der Waals surface area contributed by atoms with Crippen LogP contribution in [0.4, 0.5) is 5.82 Å². The van der Waals surface area contributed by atoms with Crippen molar-refractivity contribution in [2.24, 2.45) is 0 Å². The molecule has 31 heavy (non-hydrogen) atoms. The average Bonchev–Trinajstić information content (AvgIpc) is 3.25. The van der Waals surface area contributed by atoms with Gasteiger partial charge in [-0.3, -0.25) is 19.1 Å². The second-order valence-electron chi connectivity index (χ2n) is 7.35. The fourth-order valence-corrected chi connectivity index (χ4v) is 3.37. The van der Waals surface area contributed by atoms with Gasteiger partial charge < -0.3 is 15.6 Å². The number of aryl methyl sites for hydroxylation is 1. The van der Waals surface area contributed by atoms with E-state index in [1.165, 1.54) is 4.57 Å². The summed E-state index contributed by atoms with van der Waals surface area (Å²) in [4.78, 5) is 36.7. The lowest BCUT2D eigenvalue weighted by molar-refractivity contribution is -0.121. The molecule has 1 aromatic carbocycles. The van der Waals surface area contributed by atoms with E-state index in [0.29, 0.717) is 18.8 Å². The Labute approximate surface area is 179 Å². The third-order valence-corrected chi connectivity index (χ3v) is 5.09. The number of nitrogens with one attached hydrogen (secondary N) is 3. The van der Waals surface area contributed by atoms with E-state index in [4.69, 9.17) is 0 Å². The molecule has 0 saturated carbocycles. The maximum atomic E-state index is 12.8. The van der Waals surface area contributed by atoms with Gasteiger partial charge in [-0.25, -0.2) is 4.98 Å². The van der Waals surface area contributed by atoms with Crippen molar-refractivity contribution in [2.75, 3.05) is 11.9 Å². The predicted molar refractivity (Wildman–Crippen MR) is 120 cm³/mol. The van der Waals surface area contributed by atoms with Gasteiger partial charge in [-0.2, -0.15) is 0 Å². The van der Waals surface area contributed by atoms with Gasteiger partial charge in [0.2, 0.25) is 5.91 Å². The first-order valence-electron chi connectivity index (χ1n) is 10.1. The smallest absolute Gasteiger partial charge is 0.293 e. The van der Waals surface area contributed by atoms with E-state index in [1.54, 1.807) is 25.5 Å². The first-order valence-corrected chi connectivity index (χ1v) is 10.1.